The van der Waals surface area contributed by atoms with Gasteiger partial charge in [0.05, 0.1) is 6.07 Å². The highest BCUT2D eigenvalue weighted by molar-refractivity contribution is 6.21. The van der Waals surface area contributed by atoms with Crippen LogP contribution in [-0.2, 0) is 6.42 Å². The first-order chi connectivity index (χ1) is 11.1. The molecule has 2 aromatic rings. The Labute approximate surface area is 148 Å². The molecule has 0 saturated carbocycles. The predicted molar refractivity (Wildman–Crippen MR) is 98.9 cm³/mol. The molecule has 0 aromatic heterocycles. The fourth-order valence-electron chi connectivity index (χ4n) is 2.71. The molecule has 3 unspecified atom stereocenters. The zero-order chi connectivity index (χ0) is 16.7. The summed E-state index contributed by atoms with van der Waals surface area (Å²) in [5, 5.41) is 9.15. The molecule has 0 N–H and O–H groups in total. The Kier molecular flexibility index (Phi) is 6.96. The Balaban J connectivity index is 1.94. The van der Waals surface area contributed by atoms with Crippen LogP contribution in [-0.4, -0.2) is 10.8 Å². The minimum Gasteiger partial charge on any atom is -0.198 e. The maximum atomic E-state index is 9.19. The molecule has 0 aliphatic heterocycles. The Morgan fingerprint density at radius 1 is 0.913 bits per heavy atom. The average Bonchev–Trinajstić information content (AvgIpc) is 2.55. The van der Waals surface area contributed by atoms with Gasteiger partial charge in [0.15, 0.2) is 0 Å². The third kappa shape index (κ3) is 5.90. The average molecular weight is 346 g/mol. The van der Waals surface area contributed by atoms with Gasteiger partial charge in [-0.3, -0.25) is 0 Å². The first-order valence-corrected chi connectivity index (χ1v) is 8.78. The summed E-state index contributed by atoms with van der Waals surface area (Å²) in [5.41, 5.74) is 3.61. The lowest BCUT2D eigenvalue weighted by molar-refractivity contribution is 0.534. The highest BCUT2D eigenvalue weighted by Gasteiger charge is 2.16. The third-order valence-electron chi connectivity index (χ3n) is 3.85. The molecule has 3 atom stereocenters. The fourth-order valence-corrected chi connectivity index (χ4v) is 3.31. The zero-order valence-electron chi connectivity index (χ0n) is 13.3. The maximum absolute atomic E-state index is 9.19. The second-order valence-corrected chi connectivity index (χ2v) is 7.30. The molecule has 0 fully saturated rings. The monoisotopic (exact) mass is 345 g/mol. The van der Waals surface area contributed by atoms with Crippen LogP contribution in [0.1, 0.15) is 25.3 Å². The minimum atomic E-state index is -0.0754. The van der Waals surface area contributed by atoms with E-state index in [2.05, 4.69) is 42.5 Å². The van der Waals surface area contributed by atoms with Gasteiger partial charge in [-0.05, 0) is 42.9 Å². The highest BCUT2D eigenvalue weighted by Crippen LogP contribution is 2.23. The van der Waals surface area contributed by atoms with Gasteiger partial charge in [-0.1, -0.05) is 54.6 Å². The second kappa shape index (κ2) is 8.96. The summed E-state index contributed by atoms with van der Waals surface area (Å²) >= 11 is 12.4. The number of halogens is 2. The van der Waals surface area contributed by atoms with E-state index in [0.717, 1.165) is 6.42 Å². The van der Waals surface area contributed by atoms with Crippen LogP contribution >= 0.6 is 23.2 Å². The Morgan fingerprint density at radius 2 is 1.52 bits per heavy atom. The molecule has 0 heterocycles. The number of nitrogens with zero attached hydrogens (tertiary/aromatic N) is 1. The van der Waals surface area contributed by atoms with Gasteiger partial charge >= 0.3 is 0 Å². The van der Waals surface area contributed by atoms with Crippen molar-refractivity contribution in [2.75, 3.05) is 0 Å². The molecule has 120 valence electrons. The number of hydrogen-bond acceptors (Lipinski definition) is 1. The smallest absolute Gasteiger partial charge is 0.0656 e. The van der Waals surface area contributed by atoms with E-state index in [0.29, 0.717) is 12.8 Å². The van der Waals surface area contributed by atoms with E-state index >= 15 is 0 Å². The Bertz CT molecular complexity index is 629. The zero-order valence-corrected chi connectivity index (χ0v) is 14.8. The van der Waals surface area contributed by atoms with Crippen molar-refractivity contribution in [2.24, 2.45) is 5.92 Å². The van der Waals surface area contributed by atoms with Crippen LogP contribution in [0.5, 0.6) is 0 Å². The van der Waals surface area contributed by atoms with Crippen LogP contribution in [0.4, 0.5) is 0 Å². The van der Waals surface area contributed by atoms with E-state index < -0.39 is 0 Å². The van der Waals surface area contributed by atoms with E-state index in [1.54, 1.807) is 0 Å². The van der Waals surface area contributed by atoms with Crippen molar-refractivity contribution in [2.45, 2.75) is 36.9 Å². The van der Waals surface area contributed by atoms with Gasteiger partial charge in [-0.15, -0.1) is 23.2 Å². The van der Waals surface area contributed by atoms with Crippen LogP contribution in [0.25, 0.3) is 11.1 Å². The van der Waals surface area contributed by atoms with Crippen LogP contribution in [0, 0.1) is 17.2 Å². The Morgan fingerprint density at radius 3 is 2.09 bits per heavy atom. The molecule has 1 nitrogen and oxygen atoms in total. The number of benzene rings is 2. The van der Waals surface area contributed by atoms with Crippen molar-refractivity contribution >= 4 is 23.2 Å². The SMILES string of the molecule is CC(Cl)CC(C#N)CC(Cl)Cc1ccc(-c2ccccc2)cc1. The number of rotatable bonds is 7. The maximum Gasteiger partial charge on any atom is 0.0656 e. The first kappa shape index (κ1) is 17.9. The lowest BCUT2D eigenvalue weighted by atomic mass is 9.95. The van der Waals surface area contributed by atoms with Crippen LogP contribution in [0.15, 0.2) is 54.6 Å². The van der Waals surface area contributed by atoms with Gasteiger partial charge in [0, 0.05) is 16.7 Å². The molecule has 0 aliphatic rings. The van der Waals surface area contributed by atoms with Crippen LogP contribution in [0.3, 0.4) is 0 Å². The van der Waals surface area contributed by atoms with Crippen LogP contribution < -0.4 is 0 Å². The molecule has 23 heavy (non-hydrogen) atoms. The highest BCUT2D eigenvalue weighted by atomic mass is 35.5. The molecule has 3 heteroatoms. The van der Waals surface area contributed by atoms with Crippen molar-refractivity contribution in [3.05, 3.63) is 60.2 Å². The van der Waals surface area contributed by atoms with Crippen molar-refractivity contribution < 1.29 is 0 Å². The van der Waals surface area contributed by atoms with E-state index in [1.165, 1.54) is 16.7 Å². The summed E-state index contributed by atoms with van der Waals surface area (Å²) < 4.78 is 0. The summed E-state index contributed by atoms with van der Waals surface area (Å²) in [5.74, 6) is -0.0754. The largest absolute Gasteiger partial charge is 0.198 e. The van der Waals surface area contributed by atoms with Crippen molar-refractivity contribution in [3.8, 4) is 17.2 Å². The van der Waals surface area contributed by atoms with Gasteiger partial charge in [0.25, 0.3) is 0 Å². The summed E-state index contributed by atoms with van der Waals surface area (Å²) in [6, 6.07) is 21.1. The van der Waals surface area contributed by atoms with Gasteiger partial charge in [0.2, 0.25) is 0 Å². The minimum absolute atomic E-state index is 0.00803. The van der Waals surface area contributed by atoms with E-state index in [-0.39, 0.29) is 16.7 Å². The number of nitriles is 1. The number of alkyl halides is 2. The van der Waals surface area contributed by atoms with Crippen molar-refractivity contribution in [1.29, 1.82) is 5.26 Å². The van der Waals surface area contributed by atoms with Gasteiger partial charge in [0.1, 0.15) is 0 Å². The molecule has 0 bridgehead atoms. The summed E-state index contributed by atoms with van der Waals surface area (Å²) in [7, 11) is 0. The van der Waals surface area contributed by atoms with E-state index in [9.17, 15) is 5.26 Å². The van der Waals surface area contributed by atoms with Gasteiger partial charge in [-0.25, -0.2) is 0 Å². The van der Waals surface area contributed by atoms with Gasteiger partial charge < -0.3 is 0 Å². The van der Waals surface area contributed by atoms with E-state index in [1.807, 2.05) is 25.1 Å². The normalized spacial score (nSPS) is 14.7. The molecule has 0 saturated heterocycles. The Hall–Kier alpha value is -1.49. The molecule has 0 aliphatic carbocycles. The standard InChI is InChI=1S/C20H21Cl2N/c1-15(21)11-17(14-23)13-20(22)12-16-7-9-19(10-8-16)18-5-3-2-4-6-18/h2-10,15,17,20H,11-13H2,1H3. The molecule has 2 aromatic carbocycles. The lowest BCUT2D eigenvalue weighted by Gasteiger charge is -2.15. The third-order valence-corrected chi connectivity index (χ3v) is 4.36. The molecule has 0 amide bonds. The van der Waals surface area contributed by atoms with Gasteiger partial charge in [-0.2, -0.15) is 5.26 Å². The predicted octanol–water partition coefficient (Wildman–Crippen LogP) is 6.05. The summed E-state index contributed by atoms with van der Waals surface area (Å²) in [6.45, 7) is 1.91. The van der Waals surface area contributed by atoms with Crippen molar-refractivity contribution in [1.82, 2.24) is 0 Å². The second-order valence-electron chi connectivity index (χ2n) is 5.94. The van der Waals surface area contributed by atoms with Crippen LogP contribution in [0.2, 0.25) is 0 Å². The molecular weight excluding hydrogens is 325 g/mol. The lowest BCUT2D eigenvalue weighted by Crippen LogP contribution is -2.13. The fraction of sp³-hybridized carbons (Fsp3) is 0.350. The molecular formula is C20H21Cl2N. The topological polar surface area (TPSA) is 23.8 Å². The molecule has 0 spiro atoms. The summed E-state index contributed by atoms with van der Waals surface area (Å²) in [4.78, 5) is 0. The number of hydrogen-bond donors (Lipinski definition) is 0. The molecule has 0 radical (unpaired) electrons. The van der Waals surface area contributed by atoms with Crippen molar-refractivity contribution in [3.63, 3.8) is 0 Å². The summed E-state index contributed by atoms with van der Waals surface area (Å²) in [6.07, 6.45) is 2.13. The molecule has 2 rings (SSSR count). The van der Waals surface area contributed by atoms with E-state index in [4.69, 9.17) is 23.2 Å². The quantitative estimate of drug-likeness (QED) is 0.560. The first-order valence-electron chi connectivity index (χ1n) is 7.90.